The number of likely N-dealkylation sites (tertiary alicyclic amines) is 1. The van der Waals surface area contributed by atoms with Gasteiger partial charge in [-0.05, 0) is 25.7 Å². The van der Waals surface area contributed by atoms with Crippen LogP contribution in [0.1, 0.15) is 26.7 Å². The average molecular weight is 391 g/mol. The number of nitrogens with one attached hydrogen (secondary N) is 1. The first-order chi connectivity index (χ1) is 9.29. The fraction of sp³-hybridized carbons (Fsp3) is 0.714. The molecule has 1 aliphatic heterocycles. The summed E-state index contributed by atoms with van der Waals surface area (Å²) in [4.78, 5) is 11.2. The quantitative estimate of drug-likeness (QED) is 0.486. The number of piperidine rings is 1. The first-order valence-electron chi connectivity index (χ1n) is 7.28. The third-order valence-corrected chi connectivity index (χ3v) is 3.47. The van der Waals surface area contributed by atoms with Crippen LogP contribution in [0.5, 0.6) is 0 Å². The van der Waals surface area contributed by atoms with Crippen molar-refractivity contribution in [1.82, 2.24) is 19.8 Å². The van der Waals surface area contributed by atoms with Crippen molar-refractivity contribution in [1.29, 1.82) is 0 Å². The van der Waals surface area contributed by atoms with Gasteiger partial charge in [0, 0.05) is 38.6 Å². The van der Waals surface area contributed by atoms with Gasteiger partial charge in [-0.15, -0.1) is 24.0 Å². The van der Waals surface area contributed by atoms with Crippen molar-refractivity contribution in [3.8, 4) is 0 Å². The highest BCUT2D eigenvalue weighted by Crippen LogP contribution is 2.15. The van der Waals surface area contributed by atoms with Gasteiger partial charge in [0.25, 0.3) is 0 Å². The van der Waals surface area contributed by atoms with Gasteiger partial charge >= 0.3 is 0 Å². The van der Waals surface area contributed by atoms with Crippen molar-refractivity contribution in [2.45, 2.75) is 33.2 Å². The maximum Gasteiger partial charge on any atom is 0.193 e. The van der Waals surface area contributed by atoms with Crippen molar-refractivity contribution >= 4 is 29.9 Å². The number of rotatable bonds is 4. The molecule has 1 aromatic rings. The number of aliphatic imine (C=N–C) groups is 1. The molecule has 6 heteroatoms. The van der Waals surface area contributed by atoms with Crippen molar-refractivity contribution in [2.75, 3.05) is 26.2 Å². The highest BCUT2D eigenvalue weighted by atomic mass is 127. The molecule has 20 heavy (non-hydrogen) atoms. The molecule has 1 aliphatic rings. The molecule has 1 fully saturated rings. The summed E-state index contributed by atoms with van der Waals surface area (Å²) in [6.45, 7) is 9.30. The summed E-state index contributed by atoms with van der Waals surface area (Å²) in [7, 11) is 0. The highest BCUT2D eigenvalue weighted by Gasteiger charge is 2.18. The number of hydrogen-bond donors (Lipinski definition) is 1. The van der Waals surface area contributed by atoms with Crippen LogP contribution in [0.2, 0.25) is 0 Å². The van der Waals surface area contributed by atoms with Gasteiger partial charge in [0.2, 0.25) is 0 Å². The number of hydrogen-bond acceptors (Lipinski definition) is 2. The highest BCUT2D eigenvalue weighted by molar-refractivity contribution is 14.0. The second-order valence-electron chi connectivity index (χ2n) is 5.23. The molecular formula is C14H26IN5. The maximum atomic E-state index is 4.73. The zero-order chi connectivity index (χ0) is 13.5. The van der Waals surface area contributed by atoms with Gasteiger partial charge in [-0.25, -0.2) is 4.98 Å². The largest absolute Gasteiger partial charge is 0.357 e. The van der Waals surface area contributed by atoms with E-state index in [4.69, 9.17) is 4.99 Å². The second-order valence-corrected chi connectivity index (χ2v) is 5.23. The molecule has 0 spiro atoms. The zero-order valence-corrected chi connectivity index (χ0v) is 14.8. The third kappa shape index (κ3) is 5.30. The van der Waals surface area contributed by atoms with Crippen LogP contribution in [-0.2, 0) is 6.54 Å². The van der Waals surface area contributed by atoms with Gasteiger partial charge in [0.15, 0.2) is 5.96 Å². The Labute approximate surface area is 138 Å². The molecular weight excluding hydrogens is 365 g/mol. The third-order valence-electron chi connectivity index (χ3n) is 3.47. The number of aromatic nitrogens is 2. The molecule has 0 saturated carbocycles. The van der Waals surface area contributed by atoms with E-state index in [2.05, 4.69) is 33.6 Å². The van der Waals surface area contributed by atoms with E-state index in [9.17, 15) is 0 Å². The van der Waals surface area contributed by atoms with E-state index in [1.54, 1.807) is 6.20 Å². The molecule has 1 saturated heterocycles. The Morgan fingerprint density at radius 2 is 2.35 bits per heavy atom. The van der Waals surface area contributed by atoms with E-state index in [0.717, 1.165) is 44.6 Å². The normalized spacial score (nSPS) is 19.6. The standard InChI is InChI=1S/C14H25N5.HI/c1-3-16-14(19-8-4-5-13(2)11-19)17-7-10-18-9-6-15-12-18;/h6,9,12-13H,3-5,7-8,10-11H2,1-2H3,(H,16,17);1H. The van der Waals surface area contributed by atoms with Crippen LogP contribution >= 0.6 is 24.0 Å². The Kier molecular flexibility index (Phi) is 7.94. The van der Waals surface area contributed by atoms with Gasteiger partial charge in [-0.2, -0.15) is 0 Å². The molecule has 0 aromatic carbocycles. The molecule has 2 heterocycles. The lowest BCUT2D eigenvalue weighted by molar-refractivity contribution is 0.266. The number of halogens is 1. The predicted molar refractivity (Wildman–Crippen MR) is 93.6 cm³/mol. The van der Waals surface area contributed by atoms with Crippen LogP contribution in [0.3, 0.4) is 0 Å². The number of nitrogens with zero attached hydrogens (tertiary/aromatic N) is 4. The minimum Gasteiger partial charge on any atom is -0.357 e. The molecule has 114 valence electrons. The minimum absolute atomic E-state index is 0. The summed E-state index contributed by atoms with van der Waals surface area (Å²) in [6, 6.07) is 0. The van der Waals surface area contributed by atoms with Crippen molar-refractivity contribution < 1.29 is 0 Å². The summed E-state index contributed by atoms with van der Waals surface area (Å²) in [5.41, 5.74) is 0. The summed E-state index contributed by atoms with van der Waals surface area (Å²) < 4.78 is 2.06. The second kappa shape index (κ2) is 9.20. The molecule has 1 N–H and O–H groups in total. The summed E-state index contributed by atoms with van der Waals surface area (Å²) in [5, 5.41) is 3.40. The molecule has 1 aromatic heterocycles. The zero-order valence-electron chi connectivity index (χ0n) is 12.5. The first-order valence-corrected chi connectivity index (χ1v) is 7.28. The van der Waals surface area contributed by atoms with E-state index < -0.39 is 0 Å². The lowest BCUT2D eigenvalue weighted by Gasteiger charge is -2.33. The van der Waals surface area contributed by atoms with Gasteiger partial charge < -0.3 is 14.8 Å². The fourth-order valence-electron chi connectivity index (χ4n) is 2.50. The van der Waals surface area contributed by atoms with Crippen LogP contribution in [-0.4, -0.2) is 46.6 Å². The van der Waals surface area contributed by atoms with Crippen LogP contribution in [0.4, 0.5) is 0 Å². The van der Waals surface area contributed by atoms with Gasteiger partial charge in [0.1, 0.15) is 0 Å². The number of imidazole rings is 1. The molecule has 5 nitrogen and oxygen atoms in total. The Balaban J connectivity index is 0.00000200. The van der Waals surface area contributed by atoms with E-state index >= 15 is 0 Å². The Morgan fingerprint density at radius 3 is 3.00 bits per heavy atom. The van der Waals surface area contributed by atoms with Gasteiger partial charge in [0.05, 0.1) is 12.9 Å². The molecule has 2 rings (SSSR count). The Bertz CT molecular complexity index is 390. The van der Waals surface area contributed by atoms with E-state index in [1.807, 2.05) is 12.5 Å². The average Bonchev–Trinajstić information content (AvgIpc) is 2.91. The summed E-state index contributed by atoms with van der Waals surface area (Å²) in [5.74, 6) is 1.83. The van der Waals surface area contributed by atoms with Crippen LogP contribution in [0.15, 0.2) is 23.7 Å². The van der Waals surface area contributed by atoms with E-state index in [1.165, 1.54) is 12.8 Å². The first kappa shape index (κ1) is 17.3. The number of guanidine groups is 1. The van der Waals surface area contributed by atoms with Crippen LogP contribution in [0, 0.1) is 5.92 Å². The van der Waals surface area contributed by atoms with E-state index in [0.29, 0.717) is 0 Å². The molecule has 0 bridgehead atoms. The Hall–Kier alpha value is -0.790. The predicted octanol–water partition coefficient (Wildman–Crippen LogP) is 2.20. The molecule has 0 amide bonds. The lowest BCUT2D eigenvalue weighted by Crippen LogP contribution is -2.46. The summed E-state index contributed by atoms with van der Waals surface area (Å²) >= 11 is 0. The molecule has 0 radical (unpaired) electrons. The van der Waals surface area contributed by atoms with Gasteiger partial charge in [-0.1, -0.05) is 6.92 Å². The molecule has 1 unspecified atom stereocenters. The van der Waals surface area contributed by atoms with Gasteiger partial charge in [-0.3, -0.25) is 4.99 Å². The SMILES string of the molecule is CCNC(=NCCn1ccnc1)N1CCCC(C)C1.I. The molecule has 1 atom stereocenters. The van der Waals surface area contributed by atoms with Crippen LogP contribution in [0.25, 0.3) is 0 Å². The lowest BCUT2D eigenvalue weighted by atomic mass is 10.0. The van der Waals surface area contributed by atoms with Crippen LogP contribution < -0.4 is 5.32 Å². The minimum atomic E-state index is 0. The summed E-state index contributed by atoms with van der Waals surface area (Å²) in [6.07, 6.45) is 8.23. The topological polar surface area (TPSA) is 45.5 Å². The molecule has 0 aliphatic carbocycles. The maximum absolute atomic E-state index is 4.73. The smallest absolute Gasteiger partial charge is 0.193 e. The van der Waals surface area contributed by atoms with Crippen molar-refractivity contribution in [2.24, 2.45) is 10.9 Å². The van der Waals surface area contributed by atoms with E-state index in [-0.39, 0.29) is 24.0 Å². The Morgan fingerprint density at radius 1 is 1.50 bits per heavy atom. The monoisotopic (exact) mass is 391 g/mol. The van der Waals surface area contributed by atoms with Crippen molar-refractivity contribution in [3.05, 3.63) is 18.7 Å². The fourth-order valence-corrected chi connectivity index (χ4v) is 2.50. The van der Waals surface area contributed by atoms with Crippen molar-refractivity contribution in [3.63, 3.8) is 0 Å².